The molecule has 0 spiro atoms. The molecular weight excluding hydrogens is 362 g/mol. The molecule has 2 heterocycles. The van der Waals surface area contributed by atoms with Crippen molar-refractivity contribution < 1.29 is 4.79 Å². The molecule has 0 saturated carbocycles. The minimum Gasteiger partial charge on any atom is -0.339 e. The molecule has 1 saturated heterocycles. The Balaban J connectivity index is 1.54. The summed E-state index contributed by atoms with van der Waals surface area (Å²) < 4.78 is 2.29. The zero-order valence-electron chi connectivity index (χ0n) is 17.2. The second kappa shape index (κ2) is 8.55. The highest BCUT2D eigenvalue weighted by molar-refractivity contribution is 5.79. The summed E-state index contributed by atoms with van der Waals surface area (Å²) >= 11 is 0. The van der Waals surface area contributed by atoms with Crippen LogP contribution in [0.15, 0.2) is 54.6 Å². The lowest BCUT2D eigenvalue weighted by Crippen LogP contribution is -2.53. The van der Waals surface area contributed by atoms with E-state index in [1.165, 1.54) is 5.56 Å². The molecule has 6 nitrogen and oxygen atoms in total. The number of amides is 2. The molecule has 3 aromatic rings. The topological polar surface area (TPSA) is 53.4 Å². The van der Waals surface area contributed by atoms with Crippen LogP contribution in [0, 0.1) is 0 Å². The molecule has 2 aromatic carbocycles. The fourth-order valence-corrected chi connectivity index (χ4v) is 3.74. The number of aromatic nitrogens is 2. The van der Waals surface area contributed by atoms with E-state index in [-0.39, 0.29) is 12.1 Å². The van der Waals surface area contributed by atoms with E-state index in [1.54, 1.807) is 0 Å². The van der Waals surface area contributed by atoms with Gasteiger partial charge in [-0.2, -0.15) is 0 Å². The van der Waals surface area contributed by atoms with Crippen molar-refractivity contribution in [2.75, 3.05) is 31.1 Å². The number of fused-ring (bicyclic) bond motifs is 1. The number of imidazole rings is 1. The molecule has 6 heteroatoms. The molecule has 2 amide bonds. The number of hydrogen-bond donors (Lipinski definition) is 1. The van der Waals surface area contributed by atoms with Gasteiger partial charge >= 0.3 is 6.03 Å². The van der Waals surface area contributed by atoms with E-state index in [2.05, 4.69) is 64.2 Å². The molecule has 1 unspecified atom stereocenters. The summed E-state index contributed by atoms with van der Waals surface area (Å²) in [5.74, 6) is 0.983. The van der Waals surface area contributed by atoms with E-state index < -0.39 is 0 Å². The number of urea groups is 1. The first-order valence-electron chi connectivity index (χ1n) is 10.4. The average Bonchev–Trinajstić information content (AvgIpc) is 3.13. The summed E-state index contributed by atoms with van der Waals surface area (Å²) in [6.45, 7) is 7.89. The maximum absolute atomic E-state index is 12.4. The summed E-state index contributed by atoms with van der Waals surface area (Å²) in [5, 5.41) is 3.07. The fraction of sp³-hybridized carbons (Fsp3) is 0.391. The quantitative estimate of drug-likeness (QED) is 0.721. The summed E-state index contributed by atoms with van der Waals surface area (Å²) in [6, 6.07) is 19.0. The third kappa shape index (κ3) is 4.21. The van der Waals surface area contributed by atoms with Crippen molar-refractivity contribution in [1.29, 1.82) is 0 Å². The Labute approximate surface area is 172 Å². The highest BCUT2D eigenvalue weighted by Crippen LogP contribution is 2.25. The third-order valence-electron chi connectivity index (χ3n) is 5.65. The van der Waals surface area contributed by atoms with Crippen LogP contribution >= 0.6 is 0 Å². The minimum absolute atomic E-state index is 0.0387. The predicted octanol–water partition coefficient (Wildman–Crippen LogP) is 3.71. The molecule has 1 fully saturated rings. The fourth-order valence-electron chi connectivity index (χ4n) is 3.74. The van der Waals surface area contributed by atoms with E-state index in [0.717, 1.165) is 43.0 Å². The summed E-state index contributed by atoms with van der Waals surface area (Å²) in [7, 11) is 0. The van der Waals surface area contributed by atoms with Crippen LogP contribution in [0.2, 0.25) is 0 Å². The van der Waals surface area contributed by atoms with Crippen LogP contribution in [0.25, 0.3) is 11.0 Å². The lowest BCUT2D eigenvalue weighted by molar-refractivity contribution is 0.190. The average molecular weight is 392 g/mol. The predicted molar refractivity (Wildman–Crippen MR) is 117 cm³/mol. The molecule has 0 radical (unpaired) electrons. The largest absolute Gasteiger partial charge is 0.339 e. The van der Waals surface area contributed by atoms with Gasteiger partial charge in [-0.3, -0.25) is 0 Å². The number of rotatable bonds is 5. The number of carbonyl (C=O) groups excluding carboxylic acids is 1. The highest BCUT2D eigenvalue weighted by Gasteiger charge is 2.25. The van der Waals surface area contributed by atoms with Gasteiger partial charge in [0.2, 0.25) is 5.95 Å². The maximum Gasteiger partial charge on any atom is 0.317 e. The van der Waals surface area contributed by atoms with Gasteiger partial charge in [0.25, 0.3) is 0 Å². The number of nitrogens with zero attached hydrogens (tertiary/aromatic N) is 4. The monoisotopic (exact) mass is 391 g/mol. The van der Waals surface area contributed by atoms with E-state index in [4.69, 9.17) is 4.98 Å². The maximum atomic E-state index is 12.4. The van der Waals surface area contributed by atoms with Crippen molar-refractivity contribution in [3.8, 4) is 0 Å². The lowest BCUT2D eigenvalue weighted by Gasteiger charge is -2.36. The number of anilines is 1. The van der Waals surface area contributed by atoms with Gasteiger partial charge in [-0.05, 0) is 31.0 Å². The van der Waals surface area contributed by atoms with E-state index >= 15 is 0 Å². The Kier molecular flexibility index (Phi) is 5.69. The second-order valence-corrected chi connectivity index (χ2v) is 7.71. The molecule has 1 N–H and O–H groups in total. The van der Waals surface area contributed by atoms with Gasteiger partial charge < -0.3 is 19.7 Å². The lowest BCUT2D eigenvalue weighted by atomic mass is 10.2. The van der Waals surface area contributed by atoms with Crippen LogP contribution in [0.5, 0.6) is 0 Å². The van der Waals surface area contributed by atoms with Gasteiger partial charge in [0.05, 0.1) is 17.6 Å². The second-order valence-electron chi connectivity index (χ2n) is 7.71. The Morgan fingerprint density at radius 2 is 1.72 bits per heavy atom. The molecule has 29 heavy (non-hydrogen) atoms. The minimum atomic E-state index is 0.0387. The smallest absolute Gasteiger partial charge is 0.317 e. The molecule has 1 atom stereocenters. The molecule has 1 aromatic heterocycles. The molecule has 0 aliphatic carbocycles. The van der Waals surface area contributed by atoms with Gasteiger partial charge in [0, 0.05) is 32.2 Å². The van der Waals surface area contributed by atoms with Crippen molar-refractivity contribution >= 4 is 23.0 Å². The van der Waals surface area contributed by atoms with Crippen molar-refractivity contribution in [2.24, 2.45) is 0 Å². The van der Waals surface area contributed by atoms with Gasteiger partial charge in [0.15, 0.2) is 0 Å². The molecule has 1 aliphatic heterocycles. The number of carbonyl (C=O) groups is 1. The summed E-state index contributed by atoms with van der Waals surface area (Å²) in [5.41, 5.74) is 3.40. The van der Waals surface area contributed by atoms with E-state index in [1.807, 2.05) is 24.0 Å². The van der Waals surface area contributed by atoms with Crippen LogP contribution in [-0.4, -0.2) is 52.7 Å². The first kappa shape index (κ1) is 19.3. The first-order chi connectivity index (χ1) is 14.2. The Morgan fingerprint density at radius 3 is 2.45 bits per heavy atom. The molecular formula is C23H29N5O. The zero-order chi connectivity index (χ0) is 20.2. The normalized spacial score (nSPS) is 15.5. The van der Waals surface area contributed by atoms with Crippen molar-refractivity contribution in [2.45, 2.75) is 32.9 Å². The van der Waals surface area contributed by atoms with Gasteiger partial charge in [-0.25, -0.2) is 9.78 Å². The Morgan fingerprint density at radius 1 is 1.03 bits per heavy atom. The van der Waals surface area contributed by atoms with Gasteiger partial charge in [0.1, 0.15) is 0 Å². The molecule has 4 rings (SSSR count). The molecule has 1 aliphatic rings. The number of benzene rings is 2. The first-order valence-corrected chi connectivity index (χ1v) is 10.4. The van der Waals surface area contributed by atoms with E-state index in [9.17, 15) is 4.79 Å². The standard InChI is InChI=1S/C23H29N5O/c1-3-18(2)24-23(29)27-15-13-26(14-16-27)22-25-20-11-7-8-12-21(20)28(22)17-19-9-5-4-6-10-19/h4-12,18H,3,13-17H2,1-2H3,(H,24,29). The third-order valence-corrected chi connectivity index (χ3v) is 5.65. The summed E-state index contributed by atoms with van der Waals surface area (Å²) in [4.78, 5) is 21.6. The summed E-state index contributed by atoms with van der Waals surface area (Å²) in [6.07, 6.45) is 0.940. The van der Waals surface area contributed by atoms with E-state index in [0.29, 0.717) is 13.1 Å². The van der Waals surface area contributed by atoms with Crippen molar-refractivity contribution in [3.05, 3.63) is 60.2 Å². The molecule has 0 bridgehead atoms. The SMILES string of the molecule is CCC(C)NC(=O)N1CCN(c2nc3ccccc3n2Cc2ccccc2)CC1. The highest BCUT2D eigenvalue weighted by atomic mass is 16.2. The van der Waals surface area contributed by atoms with Crippen LogP contribution in [-0.2, 0) is 6.54 Å². The van der Waals surface area contributed by atoms with Gasteiger partial charge in [-0.1, -0.05) is 49.4 Å². The van der Waals surface area contributed by atoms with Crippen LogP contribution in [0.1, 0.15) is 25.8 Å². The van der Waals surface area contributed by atoms with Crippen LogP contribution < -0.4 is 10.2 Å². The van der Waals surface area contributed by atoms with Crippen molar-refractivity contribution in [1.82, 2.24) is 19.8 Å². The van der Waals surface area contributed by atoms with Crippen LogP contribution in [0.3, 0.4) is 0 Å². The van der Waals surface area contributed by atoms with Gasteiger partial charge in [-0.15, -0.1) is 0 Å². The number of hydrogen-bond acceptors (Lipinski definition) is 3. The molecule has 152 valence electrons. The number of para-hydroxylation sites is 2. The van der Waals surface area contributed by atoms with Crippen molar-refractivity contribution in [3.63, 3.8) is 0 Å². The number of nitrogens with one attached hydrogen (secondary N) is 1. The Bertz CT molecular complexity index is 960. The Hall–Kier alpha value is -3.02. The zero-order valence-corrected chi connectivity index (χ0v) is 17.2. The number of piperazine rings is 1. The van der Waals surface area contributed by atoms with Crippen LogP contribution in [0.4, 0.5) is 10.7 Å².